The Bertz CT molecular complexity index is 690. The molecule has 0 spiro atoms. The van der Waals surface area contributed by atoms with Gasteiger partial charge in [-0.05, 0) is 29.3 Å². The predicted octanol–water partition coefficient (Wildman–Crippen LogP) is 3.93. The van der Waals surface area contributed by atoms with Crippen LogP contribution in [-0.4, -0.2) is 12.5 Å². The van der Waals surface area contributed by atoms with Gasteiger partial charge in [-0.2, -0.15) is 0 Å². The van der Waals surface area contributed by atoms with E-state index >= 15 is 0 Å². The van der Waals surface area contributed by atoms with E-state index in [4.69, 9.17) is 11.6 Å². The third-order valence-electron chi connectivity index (χ3n) is 3.60. The molecule has 108 valence electrons. The molecule has 1 unspecified atom stereocenters. The van der Waals surface area contributed by atoms with Gasteiger partial charge >= 0.3 is 0 Å². The minimum atomic E-state index is -0.199. The van der Waals surface area contributed by atoms with E-state index in [0.29, 0.717) is 17.3 Å². The summed E-state index contributed by atoms with van der Waals surface area (Å²) in [6, 6.07) is 13.5. The Morgan fingerprint density at radius 2 is 2.10 bits per heavy atom. The van der Waals surface area contributed by atoms with Crippen LogP contribution in [0.25, 0.3) is 0 Å². The number of hydrogen-bond acceptors (Lipinski definition) is 2. The number of benzene rings is 2. The lowest BCUT2D eigenvalue weighted by molar-refractivity contribution is -0.117. The molecule has 2 N–H and O–H groups in total. The quantitative estimate of drug-likeness (QED) is 0.846. The van der Waals surface area contributed by atoms with Crippen LogP contribution in [0.2, 0.25) is 5.02 Å². The van der Waals surface area contributed by atoms with Crippen molar-refractivity contribution in [3.8, 4) is 0 Å². The molecule has 2 aromatic carbocycles. The maximum absolute atomic E-state index is 12.5. The Labute approximate surface area is 136 Å². The first kappa shape index (κ1) is 14.6. The van der Waals surface area contributed by atoms with Crippen LogP contribution in [-0.2, 0) is 11.3 Å². The fourth-order valence-electron chi connectivity index (χ4n) is 2.54. The number of amides is 1. The topological polar surface area (TPSA) is 41.1 Å². The number of halogens is 2. The first-order valence-electron chi connectivity index (χ1n) is 6.69. The molecular formula is C16H14BrClN2O. The second-order valence-electron chi connectivity index (χ2n) is 5.00. The zero-order chi connectivity index (χ0) is 14.8. The Kier molecular flexibility index (Phi) is 4.29. The Balaban J connectivity index is 1.83. The third kappa shape index (κ3) is 3.12. The Morgan fingerprint density at radius 1 is 1.29 bits per heavy atom. The maximum atomic E-state index is 12.5. The van der Waals surface area contributed by atoms with Gasteiger partial charge in [-0.25, -0.2) is 0 Å². The standard InChI is InChI=1S/C16H14BrClN2O/c17-11-5-6-15(14(18)7-11)20-16(21)13-9-19-8-10-3-1-2-4-12(10)13/h1-7,13,19H,8-9H2,(H,20,21). The van der Waals surface area contributed by atoms with Crippen LogP contribution in [0.15, 0.2) is 46.9 Å². The second kappa shape index (κ2) is 6.18. The average Bonchev–Trinajstić information content (AvgIpc) is 2.49. The first-order chi connectivity index (χ1) is 10.1. The predicted molar refractivity (Wildman–Crippen MR) is 88.7 cm³/mol. The van der Waals surface area contributed by atoms with Gasteiger partial charge in [0.2, 0.25) is 5.91 Å². The molecule has 1 amide bonds. The number of rotatable bonds is 2. The Hall–Kier alpha value is -1.36. The van der Waals surface area contributed by atoms with E-state index in [1.807, 2.05) is 30.3 Å². The van der Waals surface area contributed by atoms with E-state index in [0.717, 1.165) is 16.6 Å². The van der Waals surface area contributed by atoms with Crippen LogP contribution in [0.5, 0.6) is 0 Å². The van der Waals surface area contributed by atoms with Gasteiger partial charge in [0.25, 0.3) is 0 Å². The first-order valence-corrected chi connectivity index (χ1v) is 7.86. The number of anilines is 1. The van der Waals surface area contributed by atoms with Crippen molar-refractivity contribution in [3.05, 3.63) is 63.1 Å². The molecule has 1 heterocycles. The monoisotopic (exact) mass is 364 g/mol. The van der Waals surface area contributed by atoms with Crippen molar-refractivity contribution in [2.24, 2.45) is 0 Å². The molecular weight excluding hydrogens is 352 g/mol. The number of carbonyl (C=O) groups excluding carboxylic acids is 1. The van der Waals surface area contributed by atoms with Gasteiger partial charge in [0.1, 0.15) is 0 Å². The summed E-state index contributed by atoms with van der Waals surface area (Å²) in [6.45, 7) is 1.44. The van der Waals surface area contributed by atoms with Gasteiger partial charge in [-0.1, -0.05) is 51.8 Å². The van der Waals surface area contributed by atoms with Gasteiger partial charge in [0.15, 0.2) is 0 Å². The second-order valence-corrected chi connectivity index (χ2v) is 6.32. The van der Waals surface area contributed by atoms with E-state index in [2.05, 4.69) is 26.6 Å². The lowest BCUT2D eigenvalue weighted by Gasteiger charge is -2.25. The van der Waals surface area contributed by atoms with Crippen LogP contribution >= 0.6 is 27.5 Å². The van der Waals surface area contributed by atoms with E-state index in [-0.39, 0.29) is 11.8 Å². The summed E-state index contributed by atoms with van der Waals surface area (Å²) in [5.41, 5.74) is 2.89. The van der Waals surface area contributed by atoms with Crippen LogP contribution in [0.4, 0.5) is 5.69 Å². The number of hydrogen-bond donors (Lipinski definition) is 2. The molecule has 21 heavy (non-hydrogen) atoms. The molecule has 0 fully saturated rings. The van der Waals surface area contributed by atoms with Gasteiger partial charge < -0.3 is 10.6 Å². The number of carbonyl (C=O) groups is 1. The van der Waals surface area contributed by atoms with Crippen LogP contribution < -0.4 is 10.6 Å². The number of nitrogens with one attached hydrogen (secondary N) is 2. The molecule has 3 nitrogen and oxygen atoms in total. The van der Waals surface area contributed by atoms with Crippen molar-refractivity contribution in [1.29, 1.82) is 0 Å². The zero-order valence-electron chi connectivity index (χ0n) is 11.2. The molecule has 1 aliphatic heterocycles. The smallest absolute Gasteiger partial charge is 0.233 e. The van der Waals surface area contributed by atoms with Gasteiger partial charge in [-0.15, -0.1) is 0 Å². The fraction of sp³-hybridized carbons (Fsp3) is 0.188. The van der Waals surface area contributed by atoms with Crippen molar-refractivity contribution in [3.63, 3.8) is 0 Å². The van der Waals surface area contributed by atoms with E-state index in [9.17, 15) is 4.79 Å². The molecule has 5 heteroatoms. The summed E-state index contributed by atoms with van der Waals surface area (Å²) in [7, 11) is 0. The van der Waals surface area contributed by atoms with Gasteiger partial charge in [-0.3, -0.25) is 4.79 Å². The fourth-order valence-corrected chi connectivity index (χ4v) is 3.26. The molecule has 0 aromatic heterocycles. The van der Waals surface area contributed by atoms with Gasteiger partial charge in [0.05, 0.1) is 16.6 Å². The number of fused-ring (bicyclic) bond motifs is 1. The molecule has 0 saturated heterocycles. The van der Waals surface area contributed by atoms with Crippen molar-refractivity contribution in [2.45, 2.75) is 12.5 Å². The highest BCUT2D eigenvalue weighted by Gasteiger charge is 2.26. The summed E-state index contributed by atoms with van der Waals surface area (Å²) in [5, 5.41) is 6.72. The highest BCUT2D eigenvalue weighted by atomic mass is 79.9. The van der Waals surface area contributed by atoms with Crippen molar-refractivity contribution >= 4 is 39.1 Å². The SMILES string of the molecule is O=C(Nc1ccc(Br)cc1Cl)C1CNCc2ccccc21. The minimum Gasteiger partial charge on any atom is -0.324 e. The zero-order valence-corrected chi connectivity index (χ0v) is 13.5. The van der Waals surface area contributed by atoms with Crippen molar-refractivity contribution in [1.82, 2.24) is 5.32 Å². The third-order valence-corrected chi connectivity index (χ3v) is 4.41. The molecule has 0 aliphatic carbocycles. The lowest BCUT2D eigenvalue weighted by atomic mass is 9.90. The lowest BCUT2D eigenvalue weighted by Crippen LogP contribution is -2.35. The molecule has 1 aliphatic rings. The molecule has 2 aromatic rings. The summed E-state index contributed by atoms with van der Waals surface area (Å²) >= 11 is 9.51. The highest BCUT2D eigenvalue weighted by Crippen LogP contribution is 2.29. The van der Waals surface area contributed by atoms with E-state index < -0.39 is 0 Å². The summed E-state index contributed by atoms with van der Waals surface area (Å²) in [4.78, 5) is 12.5. The van der Waals surface area contributed by atoms with Crippen LogP contribution in [0, 0.1) is 0 Å². The summed E-state index contributed by atoms with van der Waals surface area (Å²) < 4.78 is 0.884. The van der Waals surface area contributed by atoms with Crippen LogP contribution in [0.3, 0.4) is 0 Å². The molecule has 0 bridgehead atoms. The largest absolute Gasteiger partial charge is 0.324 e. The summed E-state index contributed by atoms with van der Waals surface area (Å²) in [5.74, 6) is -0.242. The minimum absolute atomic E-state index is 0.0427. The molecule has 0 radical (unpaired) electrons. The van der Waals surface area contributed by atoms with Crippen molar-refractivity contribution in [2.75, 3.05) is 11.9 Å². The van der Waals surface area contributed by atoms with E-state index in [1.165, 1.54) is 5.56 Å². The Morgan fingerprint density at radius 3 is 2.90 bits per heavy atom. The maximum Gasteiger partial charge on any atom is 0.233 e. The van der Waals surface area contributed by atoms with Crippen molar-refractivity contribution < 1.29 is 4.79 Å². The molecule has 0 saturated carbocycles. The highest BCUT2D eigenvalue weighted by molar-refractivity contribution is 9.10. The average molecular weight is 366 g/mol. The molecule has 3 rings (SSSR count). The van der Waals surface area contributed by atoms with Crippen LogP contribution in [0.1, 0.15) is 17.0 Å². The van der Waals surface area contributed by atoms with Gasteiger partial charge in [0, 0.05) is 17.6 Å². The summed E-state index contributed by atoms with van der Waals surface area (Å²) in [6.07, 6.45) is 0. The van der Waals surface area contributed by atoms with E-state index in [1.54, 1.807) is 12.1 Å². The molecule has 1 atom stereocenters. The normalized spacial score (nSPS) is 17.1.